The van der Waals surface area contributed by atoms with E-state index in [9.17, 15) is 4.79 Å². The fourth-order valence-corrected chi connectivity index (χ4v) is 1.75. The lowest BCUT2D eigenvalue weighted by molar-refractivity contribution is 0.425. The molecule has 0 aliphatic rings. The maximum atomic E-state index is 11.9. The largest absolute Gasteiger partial charge is 0.488 e. The Morgan fingerprint density at radius 3 is 2.67 bits per heavy atom. The first-order chi connectivity index (χ1) is 8.59. The summed E-state index contributed by atoms with van der Waals surface area (Å²) in [5, 5.41) is 18.0. The first kappa shape index (κ1) is 12.5. The lowest BCUT2D eigenvalue weighted by atomic mass is 9.81. The topological polar surface area (TPSA) is 75.3 Å². The third-order valence-corrected chi connectivity index (χ3v) is 2.80. The molecule has 2 aromatic heterocycles. The third kappa shape index (κ3) is 2.50. The van der Waals surface area contributed by atoms with Gasteiger partial charge in [-0.1, -0.05) is 6.07 Å². The Balaban J connectivity index is 2.38. The highest BCUT2D eigenvalue weighted by atomic mass is 16.4. The summed E-state index contributed by atoms with van der Waals surface area (Å²) >= 11 is 0. The van der Waals surface area contributed by atoms with Gasteiger partial charge in [0.15, 0.2) is 0 Å². The molecule has 0 spiro atoms. The zero-order valence-corrected chi connectivity index (χ0v) is 9.89. The summed E-state index contributed by atoms with van der Waals surface area (Å²) in [6, 6.07) is 8.02. The van der Waals surface area contributed by atoms with Gasteiger partial charge < -0.3 is 14.6 Å². The lowest BCUT2D eigenvalue weighted by Crippen LogP contribution is -2.36. The zero-order chi connectivity index (χ0) is 13.1. The van der Waals surface area contributed by atoms with E-state index in [4.69, 9.17) is 10.0 Å². The van der Waals surface area contributed by atoms with Gasteiger partial charge in [0.1, 0.15) is 0 Å². The highest BCUT2D eigenvalue weighted by Gasteiger charge is 2.15. The average molecular weight is 244 g/mol. The van der Waals surface area contributed by atoms with Gasteiger partial charge in [0.2, 0.25) is 0 Å². The number of pyridine rings is 2. The van der Waals surface area contributed by atoms with E-state index in [1.807, 2.05) is 25.1 Å². The summed E-state index contributed by atoms with van der Waals surface area (Å²) in [6.45, 7) is 1.86. The highest BCUT2D eigenvalue weighted by Crippen LogP contribution is 2.11. The van der Waals surface area contributed by atoms with Crippen LogP contribution in [0.25, 0.3) is 0 Å². The van der Waals surface area contributed by atoms with Crippen molar-refractivity contribution in [1.29, 1.82) is 0 Å². The average Bonchev–Trinajstić information content (AvgIpc) is 2.38. The van der Waals surface area contributed by atoms with E-state index in [1.54, 1.807) is 6.20 Å². The van der Waals surface area contributed by atoms with Crippen molar-refractivity contribution in [2.75, 3.05) is 0 Å². The van der Waals surface area contributed by atoms with Crippen molar-refractivity contribution in [3.05, 3.63) is 58.8 Å². The molecule has 2 aromatic rings. The van der Waals surface area contributed by atoms with E-state index in [0.717, 1.165) is 5.69 Å². The molecule has 1 unspecified atom stereocenters. The number of nitrogens with zero attached hydrogens (tertiary/aromatic N) is 2. The van der Waals surface area contributed by atoms with Crippen molar-refractivity contribution in [3.63, 3.8) is 0 Å². The summed E-state index contributed by atoms with van der Waals surface area (Å²) in [4.78, 5) is 16.1. The Morgan fingerprint density at radius 1 is 1.33 bits per heavy atom. The molecule has 5 nitrogen and oxygen atoms in total. The number of hydrogen-bond acceptors (Lipinski definition) is 4. The van der Waals surface area contributed by atoms with Crippen molar-refractivity contribution in [3.8, 4) is 0 Å². The number of rotatable bonds is 3. The normalized spacial score (nSPS) is 12.2. The van der Waals surface area contributed by atoms with Gasteiger partial charge in [0, 0.05) is 18.5 Å². The molecule has 0 saturated heterocycles. The molecule has 92 valence electrons. The van der Waals surface area contributed by atoms with Crippen LogP contribution in [-0.4, -0.2) is 26.7 Å². The molecule has 0 saturated carbocycles. The Bertz CT molecular complexity index is 583. The summed E-state index contributed by atoms with van der Waals surface area (Å²) in [5.74, 6) is 0. The maximum absolute atomic E-state index is 11.9. The van der Waals surface area contributed by atoms with Crippen molar-refractivity contribution in [2.24, 2.45) is 0 Å². The monoisotopic (exact) mass is 244 g/mol. The molecule has 0 aliphatic heterocycles. The molecule has 0 aromatic carbocycles. The van der Waals surface area contributed by atoms with E-state index in [0.29, 0.717) is 0 Å². The maximum Gasteiger partial charge on any atom is 0.488 e. The Hall–Kier alpha value is -1.92. The van der Waals surface area contributed by atoms with Crippen molar-refractivity contribution in [1.82, 2.24) is 9.55 Å². The second-order valence-electron chi connectivity index (χ2n) is 4.01. The van der Waals surface area contributed by atoms with E-state index < -0.39 is 7.12 Å². The molecule has 0 fully saturated rings. The second kappa shape index (κ2) is 5.16. The molecule has 6 heteroatoms. The summed E-state index contributed by atoms with van der Waals surface area (Å²) in [5.41, 5.74) is 0.667. The molecule has 2 heterocycles. The van der Waals surface area contributed by atoms with Crippen molar-refractivity contribution < 1.29 is 10.0 Å². The fraction of sp³-hybridized carbons (Fsp3) is 0.167. The Morgan fingerprint density at radius 2 is 2.11 bits per heavy atom. The molecular weight excluding hydrogens is 231 g/mol. The van der Waals surface area contributed by atoms with Gasteiger partial charge in [-0.05, 0) is 30.6 Å². The van der Waals surface area contributed by atoms with Crippen LogP contribution in [0, 0.1) is 0 Å². The van der Waals surface area contributed by atoms with Crippen LogP contribution >= 0.6 is 0 Å². The molecule has 0 amide bonds. The molecule has 1 atom stereocenters. The first-order valence-electron chi connectivity index (χ1n) is 5.59. The van der Waals surface area contributed by atoms with Gasteiger partial charge in [-0.3, -0.25) is 9.78 Å². The quantitative estimate of drug-likeness (QED) is 0.716. The fourth-order valence-electron chi connectivity index (χ4n) is 1.75. The minimum Gasteiger partial charge on any atom is -0.423 e. The van der Waals surface area contributed by atoms with Crippen LogP contribution in [-0.2, 0) is 0 Å². The minimum atomic E-state index is -1.63. The van der Waals surface area contributed by atoms with Crippen LogP contribution in [0.5, 0.6) is 0 Å². The molecule has 2 N–H and O–H groups in total. The van der Waals surface area contributed by atoms with Crippen LogP contribution in [0.15, 0.2) is 47.5 Å². The van der Waals surface area contributed by atoms with Crippen molar-refractivity contribution >= 4 is 12.6 Å². The summed E-state index contributed by atoms with van der Waals surface area (Å²) in [7, 11) is -1.63. The van der Waals surface area contributed by atoms with Gasteiger partial charge in [-0.15, -0.1) is 0 Å². The van der Waals surface area contributed by atoms with Gasteiger partial charge in [0.05, 0.1) is 11.7 Å². The predicted molar refractivity (Wildman–Crippen MR) is 68.6 cm³/mol. The van der Waals surface area contributed by atoms with Gasteiger partial charge in [0.25, 0.3) is 5.56 Å². The summed E-state index contributed by atoms with van der Waals surface area (Å²) < 4.78 is 1.49. The minimum absolute atomic E-state index is 0.185. The van der Waals surface area contributed by atoms with E-state index in [2.05, 4.69) is 4.98 Å². The van der Waals surface area contributed by atoms with E-state index in [1.165, 1.54) is 22.9 Å². The standard InChI is InChI=1S/C12H13BN2O3/c1-9(11-4-2-3-6-14-11)15-7-5-10(13(17)18)8-12(15)16/h2-9,17-18H,1H3. The van der Waals surface area contributed by atoms with Gasteiger partial charge in [-0.2, -0.15) is 0 Å². The van der Waals surface area contributed by atoms with Crippen LogP contribution in [0.4, 0.5) is 0 Å². The molecule has 0 bridgehead atoms. The first-order valence-corrected chi connectivity index (χ1v) is 5.59. The van der Waals surface area contributed by atoms with Crippen molar-refractivity contribution in [2.45, 2.75) is 13.0 Å². The van der Waals surface area contributed by atoms with E-state index >= 15 is 0 Å². The predicted octanol–water partition coefficient (Wildman–Crippen LogP) is -0.468. The highest BCUT2D eigenvalue weighted by molar-refractivity contribution is 6.58. The summed E-state index contributed by atoms with van der Waals surface area (Å²) in [6.07, 6.45) is 3.21. The van der Waals surface area contributed by atoms with Crippen LogP contribution in [0.3, 0.4) is 0 Å². The van der Waals surface area contributed by atoms with Gasteiger partial charge >= 0.3 is 7.12 Å². The van der Waals surface area contributed by atoms with Gasteiger partial charge in [-0.25, -0.2) is 0 Å². The van der Waals surface area contributed by atoms with Crippen LogP contribution < -0.4 is 11.0 Å². The second-order valence-corrected chi connectivity index (χ2v) is 4.01. The third-order valence-electron chi connectivity index (χ3n) is 2.80. The Kier molecular flexibility index (Phi) is 3.59. The molecule has 18 heavy (non-hydrogen) atoms. The van der Waals surface area contributed by atoms with E-state index in [-0.39, 0.29) is 17.1 Å². The molecular formula is C12H13BN2O3. The molecule has 0 radical (unpaired) electrons. The number of hydrogen-bond donors (Lipinski definition) is 2. The smallest absolute Gasteiger partial charge is 0.423 e. The zero-order valence-electron chi connectivity index (χ0n) is 9.89. The molecule has 2 rings (SSSR count). The SMILES string of the molecule is CC(c1ccccn1)n1ccc(B(O)O)cc1=O. The van der Waals surface area contributed by atoms with Crippen LogP contribution in [0.1, 0.15) is 18.7 Å². The van der Waals surface area contributed by atoms with Crippen LogP contribution in [0.2, 0.25) is 0 Å². The Labute approximate surface area is 105 Å². The number of aromatic nitrogens is 2. The molecule has 0 aliphatic carbocycles. The lowest BCUT2D eigenvalue weighted by Gasteiger charge is -2.14.